The minimum atomic E-state index is -0.475. The molecule has 2 aromatic carbocycles. The fourth-order valence-electron chi connectivity index (χ4n) is 2.07. The highest BCUT2D eigenvalue weighted by atomic mass is 79.9. The predicted octanol–water partition coefficient (Wildman–Crippen LogP) is 5.16. The second-order valence-corrected chi connectivity index (χ2v) is 5.85. The van der Waals surface area contributed by atoms with E-state index < -0.39 is 6.10 Å². The highest BCUT2D eigenvalue weighted by molar-refractivity contribution is 9.10. The standard InChI is InChI=1S/C16H16BrClO/c17-15-10-9-13(18)11-14(15)16(19)8-4-7-12-5-2-1-3-6-12/h1-3,5-6,9-11,16,19H,4,7-8H2. The van der Waals surface area contributed by atoms with Crippen molar-refractivity contribution in [3.63, 3.8) is 0 Å². The number of hydrogen-bond acceptors (Lipinski definition) is 1. The van der Waals surface area contributed by atoms with Gasteiger partial charge in [0.15, 0.2) is 0 Å². The maximum atomic E-state index is 10.2. The average Bonchev–Trinajstić information content (AvgIpc) is 2.42. The molecule has 1 atom stereocenters. The van der Waals surface area contributed by atoms with Gasteiger partial charge in [-0.05, 0) is 48.6 Å². The zero-order valence-corrected chi connectivity index (χ0v) is 12.9. The Labute approximate surface area is 127 Å². The largest absolute Gasteiger partial charge is 0.388 e. The zero-order chi connectivity index (χ0) is 13.7. The van der Waals surface area contributed by atoms with E-state index in [9.17, 15) is 5.11 Å². The normalized spacial score (nSPS) is 12.4. The Morgan fingerprint density at radius 1 is 1.11 bits per heavy atom. The molecule has 0 fully saturated rings. The molecule has 0 saturated carbocycles. The Morgan fingerprint density at radius 3 is 2.58 bits per heavy atom. The molecule has 1 N–H and O–H groups in total. The lowest BCUT2D eigenvalue weighted by Gasteiger charge is -2.13. The van der Waals surface area contributed by atoms with Gasteiger partial charge in [-0.3, -0.25) is 0 Å². The van der Waals surface area contributed by atoms with Gasteiger partial charge >= 0.3 is 0 Å². The van der Waals surface area contributed by atoms with E-state index in [1.54, 1.807) is 0 Å². The van der Waals surface area contributed by atoms with Gasteiger partial charge in [-0.2, -0.15) is 0 Å². The van der Waals surface area contributed by atoms with E-state index >= 15 is 0 Å². The number of aliphatic hydroxyl groups excluding tert-OH is 1. The lowest BCUT2D eigenvalue weighted by molar-refractivity contribution is 0.164. The molecule has 0 aliphatic rings. The van der Waals surface area contributed by atoms with Gasteiger partial charge in [-0.1, -0.05) is 57.9 Å². The fraction of sp³-hybridized carbons (Fsp3) is 0.250. The van der Waals surface area contributed by atoms with Gasteiger partial charge in [0.05, 0.1) is 6.10 Å². The van der Waals surface area contributed by atoms with Gasteiger partial charge in [0.1, 0.15) is 0 Å². The van der Waals surface area contributed by atoms with Crippen LogP contribution in [0.5, 0.6) is 0 Å². The first-order chi connectivity index (χ1) is 9.16. The minimum Gasteiger partial charge on any atom is -0.388 e. The van der Waals surface area contributed by atoms with Gasteiger partial charge in [0.2, 0.25) is 0 Å². The zero-order valence-electron chi connectivity index (χ0n) is 10.5. The summed E-state index contributed by atoms with van der Waals surface area (Å²) in [5.74, 6) is 0. The topological polar surface area (TPSA) is 20.2 Å². The van der Waals surface area contributed by atoms with Crippen LogP contribution in [0.25, 0.3) is 0 Å². The third-order valence-corrected chi connectivity index (χ3v) is 4.06. The van der Waals surface area contributed by atoms with Crippen molar-refractivity contribution in [1.29, 1.82) is 0 Å². The summed E-state index contributed by atoms with van der Waals surface area (Å²) in [4.78, 5) is 0. The third kappa shape index (κ3) is 4.34. The van der Waals surface area contributed by atoms with E-state index in [2.05, 4.69) is 28.1 Å². The molecular formula is C16H16BrClO. The van der Waals surface area contributed by atoms with Crippen LogP contribution >= 0.6 is 27.5 Å². The highest BCUT2D eigenvalue weighted by Crippen LogP contribution is 2.29. The van der Waals surface area contributed by atoms with Crippen LogP contribution in [0.2, 0.25) is 5.02 Å². The van der Waals surface area contributed by atoms with Gasteiger partial charge in [0, 0.05) is 9.50 Å². The van der Waals surface area contributed by atoms with Crippen LogP contribution in [0.4, 0.5) is 0 Å². The van der Waals surface area contributed by atoms with Crippen molar-refractivity contribution in [2.75, 3.05) is 0 Å². The number of halogens is 2. The van der Waals surface area contributed by atoms with Gasteiger partial charge in [-0.25, -0.2) is 0 Å². The molecule has 0 radical (unpaired) electrons. The van der Waals surface area contributed by atoms with Crippen LogP contribution < -0.4 is 0 Å². The summed E-state index contributed by atoms with van der Waals surface area (Å²) in [5.41, 5.74) is 2.17. The van der Waals surface area contributed by atoms with Crippen molar-refractivity contribution in [1.82, 2.24) is 0 Å². The molecule has 0 spiro atoms. The first kappa shape index (κ1) is 14.6. The van der Waals surface area contributed by atoms with Crippen LogP contribution in [0.1, 0.15) is 30.1 Å². The summed E-state index contributed by atoms with van der Waals surface area (Å²) < 4.78 is 0.907. The predicted molar refractivity (Wildman–Crippen MR) is 83.5 cm³/mol. The van der Waals surface area contributed by atoms with Crippen LogP contribution in [0, 0.1) is 0 Å². The van der Waals surface area contributed by atoms with E-state index in [1.165, 1.54) is 5.56 Å². The van der Waals surface area contributed by atoms with E-state index in [0.717, 1.165) is 29.3 Å². The summed E-state index contributed by atoms with van der Waals surface area (Å²) in [6, 6.07) is 15.8. The molecular weight excluding hydrogens is 324 g/mol. The molecule has 19 heavy (non-hydrogen) atoms. The quantitative estimate of drug-likeness (QED) is 0.798. The van der Waals surface area contributed by atoms with Crippen LogP contribution in [0.3, 0.4) is 0 Å². The van der Waals surface area contributed by atoms with E-state index in [0.29, 0.717) is 5.02 Å². The summed E-state index contributed by atoms with van der Waals surface area (Å²) in [7, 11) is 0. The summed E-state index contributed by atoms with van der Waals surface area (Å²) in [5, 5.41) is 10.9. The molecule has 3 heteroatoms. The van der Waals surface area contributed by atoms with Crippen LogP contribution in [-0.4, -0.2) is 5.11 Å². The second-order valence-electron chi connectivity index (χ2n) is 4.56. The molecule has 1 unspecified atom stereocenters. The maximum absolute atomic E-state index is 10.2. The van der Waals surface area contributed by atoms with E-state index in [1.807, 2.05) is 36.4 Å². The molecule has 0 amide bonds. The van der Waals surface area contributed by atoms with Gasteiger partial charge in [0.25, 0.3) is 0 Å². The van der Waals surface area contributed by atoms with Crippen LogP contribution in [-0.2, 0) is 6.42 Å². The number of hydrogen-bond donors (Lipinski definition) is 1. The Bertz CT molecular complexity index is 528. The molecule has 100 valence electrons. The molecule has 0 bridgehead atoms. The molecule has 2 aromatic rings. The van der Waals surface area contributed by atoms with Crippen molar-refractivity contribution in [2.45, 2.75) is 25.4 Å². The average molecular weight is 340 g/mol. The molecule has 0 aliphatic carbocycles. The van der Waals surface area contributed by atoms with E-state index in [4.69, 9.17) is 11.6 Å². The molecule has 0 aliphatic heterocycles. The molecule has 0 heterocycles. The Kier molecular flexibility index (Phi) is 5.44. The monoisotopic (exact) mass is 338 g/mol. The highest BCUT2D eigenvalue weighted by Gasteiger charge is 2.11. The summed E-state index contributed by atoms with van der Waals surface area (Å²) >= 11 is 9.41. The maximum Gasteiger partial charge on any atom is 0.0801 e. The smallest absolute Gasteiger partial charge is 0.0801 e. The number of rotatable bonds is 5. The number of aryl methyl sites for hydroxylation is 1. The van der Waals surface area contributed by atoms with Crippen LogP contribution in [0.15, 0.2) is 53.0 Å². The first-order valence-electron chi connectivity index (χ1n) is 6.34. The fourth-order valence-corrected chi connectivity index (χ4v) is 2.76. The second kappa shape index (κ2) is 7.09. The number of benzene rings is 2. The third-order valence-electron chi connectivity index (χ3n) is 3.10. The molecule has 2 rings (SSSR count). The molecule has 0 aromatic heterocycles. The number of aliphatic hydroxyl groups is 1. The van der Waals surface area contributed by atoms with Crippen molar-refractivity contribution < 1.29 is 5.11 Å². The molecule has 1 nitrogen and oxygen atoms in total. The van der Waals surface area contributed by atoms with Gasteiger partial charge < -0.3 is 5.11 Å². The Hall–Kier alpha value is -0.830. The van der Waals surface area contributed by atoms with Crippen molar-refractivity contribution >= 4 is 27.5 Å². The van der Waals surface area contributed by atoms with Crippen molar-refractivity contribution in [3.05, 3.63) is 69.2 Å². The Balaban J connectivity index is 1.91. The van der Waals surface area contributed by atoms with Gasteiger partial charge in [-0.15, -0.1) is 0 Å². The van der Waals surface area contributed by atoms with E-state index in [-0.39, 0.29) is 0 Å². The summed E-state index contributed by atoms with van der Waals surface area (Å²) in [6.07, 6.45) is 2.19. The SMILES string of the molecule is OC(CCCc1ccccc1)c1cc(Cl)ccc1Br. The van der Waals surface area contributed by atoms with Crippen molar-refractivity contribution in [2.24, 2.45) is 0 Å². The van der Waals surface area contributed by atoms with Crippen molar-refractivity contribution in [3.8, 4) is 0 Å². The lowest BCUT2D eigenvalue weighted by Crippen LogP contribution is -1.99. The lowest BCUT2D eigenvalue weighted by atomic mass is 10.0. The summed E-state index contributed by atoms with van der Waals surface area (Å²) in [6.45, 7) is 0. The molecule has 0 saturated heterocycles. The minimum absolute atomic E-state index is 0.475. The first-order valence-corrected chi connectivity index (χ1v) is 7.51. The Morgan fingerprint density at radius 2 is 1.84 bits per heavy atom.